The van der Waals surface area contributed by atoms with Crippen LogP contribution in [-0.4, -0.2) is 18.7 Å². The number of anilines is 1. The fourth-order valence-electron chi connectivity index (χ4n) is 3.43. The van der Waals surface area contributed by atoms with Crippen LogP contribution in [0.5, 0.6) is 0 Å². The first kappa shape index (κ1) is 16.1. The quantitative estimate of drug-likeness (QED) is 0.896. The molecule has 0 aromatic heterocycles. The number of rotatable bonds is 3. The summed E-state index contributed by atoms with van der Waals surface area (Å²) >= 11 is 0. The van der Waals surface area contributed by atoms with Gasteiger partial charge in [-0.3, -0.25) is 0 Å². The SMILES string of the molecule is O=C(Nc1ccc2c(c1)COC2)N[C@H]1CCO[C@H](c2ccccc2)C1. The van der Waals surface area contributed by atoms with Crippen molar-refractivity contribution >= 4 is 11.7 Å². The van der Waals surface area contributed by atoms with E-state index in [-0.39, 0.29) is 18.2 Å². The van der Waals surface area contributed by atoms with Gasteiger partial charge in [0.25, 0.3) is 0 Å². The predicted octanol–water partition coefficient (Wildman–Crippen LogP) is 3.76. The summed E-state index contributed by atoms with van der Waals surface area (Å²) in [5.41, 5.74) is 4.30. The van der Waals surface area contributed by atoms with E-state index in [9.17, 15) is 4.79 Å². The minimum Gasteiger partial charge on any atom is -0.373 e. The van der Waals surface area contributed by atoms with Gasteiger partial charge in [-0.05, 0) is 41.7 Å². The van der Waals surface area contributed by atoms with Crippen molar-refractivity contribution in [2.75, 3.05) is 11.9 Å². The van der Waals surface area contributed by atoms with Gasteiger partial charge in [-0.15, -0.1) is 0 Å². The number of carbonyl (C=O) groups excluding carboxylic acids is 1. The molecule has 5 heteroatoms. The predicted molar refractivity (Wildman–Crippen MR) is 95.2 cm³/mol. The number of ether oxygens (including phenoxy) is 2. The third-order valence-electron chi connectivity index (χ3n) is 4.77. The Morgan fingerprint density at radius 3 is 2.76 bits per heavy atom. The molecule has 2 aliphatic rings. The van der Waals surface area contributed by atoms with Gasteiger partial charge in [-0.25, -0.2) is 4.79 Å². The van der Waals surface area contributed by atoms with Crippen molar-refractivity contribution in [3.05, 3.63) is 65.2 Å². The fraction of sp³-hybridized carbons (Fsp3) is 0.350. The lowest BCUT2D eigenvalue weighted by Crippen LogP contribution is -2.42. The maximum absolute atomic E-state index is 12.3. The lowest BCUT2D eigenvalue weighted by molar-refractivity contribution is 0.00254. The highest BCUT2D eigenvalue weighted by Gasteiger charge is 2.25. The molecule has 0 unspecified atom stereocenters. The monoisotopic (exact) mass is 338 g/mol. The van der Waals surface area contributed by atoms with Crippen LogP contribution in [0.15, 0.2) is 48.5 Å². The minimum absolute atomic E-state index is 0.0393. The zero-order valence-electron chi connectivity index (χ0n) is 14.0. The lowest BCUT2D eigenvalue weighted by Gasteiger charge is -2.30. The van der Waals surface area contributed by atoms with Gasteiger partial charge in [0.1, 0.15) is 0 Å². The highest BCUT2D eigenvalue weighted by molar-refractivity contribution is 5.89. The molecule has 4 rings (SSSR count). The molecule has 0 radical (unpaired) electrons. The van der Waals surface area contributed by atoms with Crippen LogP contribution in [0.1, 0.15) is 35.6 Å². The molecule has 130 valence electrons. The first-order valence-corrected chi connectivity index (χ1v) is 8.71. The molecule has 5 nitrogen and oxygen atoms in total. The van der Waals surface area contributed by atoms with Crippen LogP contribution in [0, 0.1) is 0 Å². The van der Waals surface area contributed by atoms with Crippen LogP contribution in [0.3, 0.4) is 0 Å². The Bertz CT molecular complexity index is 748. The first-order chi connectivity index (χ1) is 12.3. The number of amides is 2. The Hall–Kier alpha value is -2.37. The summed E-state index contributed by atoms with van der Waals surface area (Å²) in [5.74, 6) is 0. The van der Waals surface area contributed by atoms with Crippen LogP contribution in [0.2, 0.25) is 0 Å². The number of nitrogens with one attached hydrogen (secondary N) is 2. The second-order valence-electron chi connectivity index (χ2n) is 6.57. The van der Waals surface area contributed by atoms with E-state index in [4.69, 9.17) is 9.47 Å². The number of fused-ring (bicyclic) bond motifs is 1. The van der Waals surface area contributed by atoms with Crippen LogP contribution >= 0.6 is 0 Å². The average molecular weight is 338 g/mol. The summed E-state index contributed by atoms with van der Waals surface area (Å²) in [7, 11) is 0. The number of hydrogen-bond acceptors (Lipinski definition) is 3. The molecular formula is C20H22N2O3. The van der Waals surface area contributed by atoms with Gasteiger partial charge in [-0.2, -0.15) is 0 Å². The number of carbonyl (C=O) groups is 1. The van der Waals surface area contributed by atoms with Crippen molar-refractivity contribution < 1.29 is 14.3 Å². The molecule has 0 spiro atoms. The van der Waals surface area contributed by atoms with Crippen molar-refractivity contribution in [3.63, 3.8) is 0 Å². The summed E-state index contributed by atoms with van der Waals surface area (Å²) in [5, 5.41) is 6.00. The molecule has 2 aliphatic heterocycles. The Balaban J connectivity index is 1.34. The second-order valence-corrected chi connectivity index (χ2v) is 6.57. The summed E-state index contributed by atoms with van der Waals surface area (Å²) in [6.07, 6.45) is 1.65. The summed E-state index contributed by atoms with van der Waals surface area (Å²) in [6, 6.07) is 16.0. The molecule has 0 aliphatic carbocycles. The third kappa shape index (κ3) is 3.83. The third-order valence-corrected chi connectivity index (χ3v) is 4.77. The van der Waals surface area contributed by atoms with Crippen molar-refractivity contribution in [3.8, 4) is 0 Å². The van der Waals surface area contributed by atoms with E-state index in [2.05, 4.69) is 22.8 Å². The largest absolute Gasteiger partial charge is 0.373 e. The number of urea groups is 1. The van der Waals surface area contributed by atoms with Crippen LogP contribution in [0.25, 0.3) is 0 Å². The van der Waals surface area contributed by atoms with Crippen LogP contribution in [-0.2, 0) is 22.7 Å². The second kappa shape index (κ2) is 7.25. The smallest absolute Gasteiger partial charge is 0.319 e. The number of hydrogen-bond donors (Lipinski definition) is 2. The first-order valence-electron chi connectivity index (χ1n) is 8.71. The van der Waals surface area contributed by atoms with Gasteiger partial charge in [0.05, 0.1) is 19.3 Å². The van der Waals surface area contributed by atoms with Crippen molar-refractivity contribution in [1.82, 2.24) is 5.32 Å². The Morgan fingerprint density at radius 1 is 1.04 bits per heavy atom. The highest BCUT2D eigenvalue weighted by Crippen LogP contribution is 2.28. The topological polar surface area (TPSA) is 59.6 Å². The zero-order valence-corrected chi connectivity index (χ0v) is 14.0. The Kier molecular flexibility index (Phi) is 4.68. The van der Waals surface area contributed by atoms with E-state index in [1.54, 1.807) is 0 Å². The Morgan fingerprint density at radius 2 is 1.88 bits per heavy atom. The molecule has 0 bridgehead atoms. The van der Waals surface area contributed by atoms with Gasteiger partial charge in [0.15, 0.2) is 0 Å². The molecule has 2 heterocycles. The van der Waals surface area contributed by atoms with E-state index >= 15 is 0 Å². The van der Waals surface area contributed by atoms with Gasteiger partial charge < -0.3 is 20.1 Å². The lowest BCUT2D eigenvalue weighted by atomic mass is 9.97. The maximum atomic E-state index is 12.3. The molecule has 2 N–H and O–H groups in total. The fourth-order valence-corrected chi connectivity index (χ4v) is 3.43. The Labute approximate surface area is 147 Å². The van der Waals surface area contributed by atoms with E-state index < -0.39 is 0 Å². The number of benzene rings is 2. The van der Waals surface area contributed by atoms with Crippen LogP contribution in [0.4, 0.5) is 10.5 Å². The van der Waals surface area contributed by atoms with Gasteiger partial charge in [-0.1, -0.05) is 36.4 Å². The zero-order chi connectivity index (χ0) is 17.1. The normalized spacial score (nSPS) is 22.2. The van der Waals surface area contributed by atoms with Gasteiger partial charge in [0, 0.05) is 18.3 Å². The van der Waals surface area contributed by atoms with Gasteiger partial charge in [0.2, 0.25) is 0 Å². The summed E-state index contributed by atoms with van der Waals surface area (Å²) in [4.78, 5) is 12.3. The molecule has 2 amide bonds. The molecule has 2 atom stereocenters. The van der Waals surface area contributed by atoms with Crippen LogP contribution < -0.4 is 10.6 Å². The molecule has 2 aromatic rings. The summed E-state index contributed by atoms with van der Waals surface area (Å²) in [6.45, 7) is 1.93. The van der Waals surface area contributed by atoms with E-state index in [0.29, 0.717) is 19.8 Å². The molecule has 2 aromatic carbocycles. The molecule has 25 heavy (non-hydrogen) atoms. The van der Waals surface area contributed by atoms with E-state index in [1.165, 1.54) is 5.56 Å². The summed E-state index contributed by atoms with van der Waals surface area (Å²) < 4.78 is 11.3. The molecular weight excluding hydrogens is 316 g/mol. The highest BCUT2D eigenvalue weighted by atomic mass is 16.5. The van der Waals surface area contributed by atoms with E-state index in [1.807, 2.05) is 36.4 Å². The molecule has 1 fully saturated rings. The van der Waals surface area contributed by atoms with Crippen molar-refractivity contribution in [2.45, 2.75) is 38.2 Å². The van der Waals surface area contributed by atoms with E-state index in [0.717, 1.165) is 29.7 Å². The average Bonchev–Trinajstić information content (AvgIpc) is 3.10. The molecule has 0 saturated carbocycles. The maximum Gasteiger partial charge on any atom is 0.319 e. The van der Waals surface area contributed by atoms with Crippen molar-refractivity contribution in [2.24, 2.45) is 0 Å². The van der Waals surface area contributed by atoms with Crippen molar-refractivity contribution in [1.29, 1.82) is 0 Å². The minimum atomic E-state index is -0.169. The molecule has 1 saturated heterocycles. The standard InChI is InChI=1S/C20H22N2O3/c23-20(21-17-7-6-15-12-24-13-16(15)10-17)22-18-8-9-25-19(11-18)14-4-2-1-3-5-14/h1-7,10,18-19H,8-9,11-13H2,(H2,21,22,23)/t18-,19-/m0/s1. The van der Waals surface area contributed by atoms with Gasteiger partial charge >= 0.3 is 6.03 Å².